The third-order valence-electron chi connectivity index (χ3n) is 3.50. The number of hydrogen-bond acceptors (Lipinski definition) is 3. The summed E-state index contributed by atoms with van der Waals surface area (Å²) >= 11 is 0. The molecule has 1 aromatic carbocycles. The first-order valence-corrected chi connectivity index (χ1v) is 7.57. The van der Waals surface area contributed by atoms with Crippen molar-refractivity contribution in [1.82, 2.24) is 5.32 Å². The molecule has 3 rings (SSSR count). The number of carbonyl (C=O) groups excluding carboxylic acids is 2. The fourth-order valence-electron chi connectivity index (χ4n) is 2.16. The van der Waals surface area contributed by atoms with E-state index >= 15 is 0 Å². The number of anilines is 1. The van der Waals surface area contributed by atoms with Crippen molar-refractivity contribution in [2.24, 2.45) is 0 Å². The van der Waals surface area contributed by atoms with Gasteiger partial charge in [-0.1, -0.05) is 12.1 Å². The van der Waals surface area contributed by atoms with Crippen molar-refractivity contribution < 1.29 is 14.0 Å². The van der Waals surface area contributed by atoms with Crippen LogP contribution in [0.25, 0.3) is 6.08 Å². The van der Waals surface area contributed by atoms with Crippen molar-refractivity contribution in [3.05, 3.63) is 59.6 Å². The molecule has 0 spiro atoms. The standard InChI is InChI=1S/C18H18N2O3/c1-12-6-9-14(23-12)10-11-17(21)20-16-5-3-2-4-15(16)18(22)19-13-7-8-13/h2-6,9-11,13H,7-8H2,1H3,(H,19,22)(H,20,21). The number of para-hydroxylation sites is 1. The number of nitrogens with one attached hydrogen (secondary N) is 2. The number of benzene rings is 1. The van der Waals surface area contributed by atoms with Gasteiger partial charge in [-0.15, -0.1) is 0 Å². The van der Waals surface area contributed by atoms with Crippen molar-refractivity contribution in [3.63, 3.8) is 0 Å². The first-order valence-electron chi connectivity index (χ1n) is 7.57. The Hall–Kier alpha value is -2.82. The average molecular weight is 310 g/mol. The molecule has 0 aliphatic heterocycles. The Morgan fingerprint density at radius 3 is 2.65 bits per heavy atom. The van der Waals surface area contributed by atoms with E-state index in [2.05, 4.69) is 10.6 Å². The lowest BCUT2D eigenvalue weighted by molar-refractivity contribution is -0.111. The molecule has 1 saturated carbocycles. The van der Waals surface area contributed by atoms with Gasteiger partial charge in [-0.2, -0.15) is 0 Å². The fourth-order valence-corrected chi connectivity index (χ4v) is 2.16. The highest BCUT2D eigenvalue weighted by Crippen LogP contribution is 2.21. The molecule has 23 heavy (non-hydrogen) atoms. The summed E-state index contributed by atoms with van der Waals surface area (Å²) in [6.07, 6.45) is 5.01. The van der Waals surface area contributed by atoms with Gasteiger partial charge in [0.2, 0.25) is 5.91 Å². The van der Waals surface area contributed by atoms with Crippen LogP contribution >= 0.6 is 0 Å². The van der Waals surface area contributed by atoms with Crippen molar-refractivity contribution in [1.29, 1.82) is 0 Å². The van der Waals surface area contributed by atoms with Crippen LogP contribution in [0.1, 0.15) is 34.7 Å². The second-order valence-electron chi connectivity index (χ2n) is 5.56. The summed E-state index contributed by atoms with van der Waals surface area (Å²) in [6.45, 7) is 1.84. The molecule has 1 heterocycles. The van der Waals surface area contributed by atoms with Crippen LogP contribution in [0.15, 0.2) is 46.9 Å². The Labute approximate surface area is 134 Å². The smallest absolute Gasteiger partial charge is 0.253 e. The van der Waals surface area contributed by atoms with E-state index in [-0.39, 0.29) is 17.9 Å². The number of aryl methyl sites for hydroxylation is 1. The largest absolute Gasteiger partial charge is 0.462 e. The van der Waals surface area contributed by atoms with E-state index in [4.69, 9.17) is 4.42 Å². The molecule has 5 heteroatoms. The lowest BCUT2D eigenvalue weighted by atomic mass is 10.1. The number of hydrogen-bond donors (Lipinski definition) is 2. The maximum atomic E-state index is 12.2. The summed E-state index contributed by atoms with van der Waals surface area (Å²) in [4.78, 5) is 24.2. The molecule has 0 bridgehead atoms. The Bertz CT molecular complexity index is 757. The maximum absolute atomic E-state index is 12.2. The minimum atomic E-state index is -0.314. The van der Waals surface area contributed by atoms with Gasteiger partial charge in [-0.25, -0.2) is 0 Å². The molecule has 2 amide bonds. The van der Waals surface area contributed by atoms with E-state index in [1.54, 1.807) is 36.4 Å². The van der Waals surface area contributed by atoms with Crippen molar-refractivity contribution in [2.75, 3.05) is 5.32 Å². The van der Waals surface area contributed by atoms with Gasteiger partial charge in [-0.3, -0.25) is 9.59 Å². The van der Waals surface area contributed by atoms with Gasteiger partial charge in [0.15, 0.2) is 0 Å². The molecule has 1 aliphatic carbocycles. The van der Waals surface area contributed by atoms with E-state index in [0.29, 0.717) is 17.0 Å². The predicted octanol–water partition coefficient (Wildman–Crippen LogP) is 3.13. The van der Waals surface area contributed by atoms with Crippen molar-refractivity contribution in [2.45, 2.75) is 25.8 Å². The normalized spacial score (nSPS) is 14.0. The van der Waals surface area contributed by atoms with Crippen LogP contribution in [-0.4, -0.2) is 17.9 Å². The Kier molecular flexibility index (Phi) is 4.28. The molecule has 2 N–H and O–H groups in total. The van der Waals surface area contributed by atoms with E-state index < -0.39 is 0 Å². The summed E-state index contributed by atoms with van der Waals surface area (Å²) in [5.74, 6) is 0.921. The molecule has 0 radical (unpaired) electrons. The molecule has 1 aromatic heterocycles. The summed E-state index contributed by atoms with van der Waals surface area (Å²) < 4.78 is 5.37. The van der Waals surface area contributed by atoms with Crippen LogP contribution < -0.4 is 10.6 Å². The highest BCUT2D eigenvalue weighted by Gasteiger charge is 2.24. The van der Waals surface area contributed by atoms with Crippen molar-refractivity contribution in [3.8, 4) is 0 Å². The van der Waals surface area contributed by atoms with Crippen molar-refractivity contribution >= 4 is 23.6 Å². The second-order valence-corrected chi connectivity index (χ2v) is 5.56. The number of carbonyl (C=O) groups is 2. The highest BCUT2D eigenvalue weighted by molar-refractivity contribution is 6.07. The van der Waals surface area contributed by atoms with Crippen LogP contribution in [0.5, 0.6) is 0 Å². The number of rotatable bonds is 5. The van der Waals surface area contributed by atoms with Gasteiger partial charge in [0, 0.05) is 12.1 Å². The van der Waals surface area contributed by atoms with Gasteiger partial charge in [-0.05, 0) is 50.1 Å². The third-order valence-corrected chi connectivity index (χ3v) is 3.50. The van der Waals surface area contributed by atoms with Gasteiger partial charge in [0.1, 0.15) is 11.5 Å². The zero-order valence-corrected chi connectivity index (χ0v) is 12.8. The Balaban J connectivity index is 1.68. The molecular weight excluding hydrogens is 292 g/mol. The molecule has 1 aliphatic rings. The second kappa shape index (κ2) is 6.52. The first-order chi connectivity index (χ1) is 11.1. The molecule has 0 unspecified atom stereocenters. The van der Waals surface area contributed by atoms with Crippen LogP contribution in [0.4, 0.5) is 5.69 Å². The lowest BCUT2D eigenvalue weighted by Crippen LogP contribution is -2.26. The fraction of sp³-hybridized carbons (Fsp3) is 0.222. The molecule has 5 nitrogen and oxygen atoms in total. The average Bonchev–Trinajstić information content (AvgIpc) is 3.25. The molecule has 1 fully saturated rings. The van der Waals surface area contributed by atoms with E-state index in [1.165, 1.54) is 6.08 Å². The number of furan rings is 1. The highest BCUT2D eigenvalue weighted by atomic mass is 16.3. The van der Waals surface area contributed by atoms with Gasteiger partial charge >= 0.3 is 0 Å². The maximum Gasteiger partial charge on any atom is 0.253 e. The van der Waals surface area contributed by atoms with Crippen LogP contribution in [-0.2, 0) is 4.79 Å². The zero-order valence-electron chi connectivity index (χ0n) is 12.8. The number of amides is 2. The summed E-state index contributed by atoms with van der Waals surface area (Å²) in [7, 11) is 0. The quantitative estimate of drug-likeness (QED) is 0.833. The van der Waals surface area contributed by atoms with Gasteiger partial charge in [0.05, 0.1) is 11.3 Å². The molecular formula is C18H18N2O3. The summed E-state index contributed by atoms with van der Waals surface area (Å²) in [5.41, 5.74) is 0.964. The molecule has 118 valence electrons. The SMILES string of the molecule is Cc1ccc(C=CC(=O)Nc2ccccc2C(=O)NC2CC2)o1. The van der Waals surface area contributed by atoms with Crippen LogP contribution in [0.2, 0.25) is 0 Å². The van der Waals surface area contributed by atoms with E-state index in [1.807, 2.05) is 13.0 Å². The van der Waals surface area contributed by atoms with Crippen LogP contribution in [0.3, 0.4) is 0 Å². The first kappa shape index (κ1) is 15.1. The summed E-state index contributed by atoms with van der Waals surface area (Å²) in [6, 6.07) is 10.9. The minimum Gasteiger partial charge on any atom is -0.462 e. The lowest BCUT2D eigenvalue weighted by Gasteiger charge is -2.09. The molecule has 0 saturated heterocycles. The van der Waals surface area contributed by atoms with E-state index in [9.17, 15) is 9.59 Å². The Morgan fingerprint density at radius 2 is 1.96 bits per heavy atom. The summed E-state index contributed by atoms with van der Waals surface area (Å²) in [5, 5.41) is 5.66. The molecule has 0 atom stereocenters. The van der Waals surface area contributed by atoms with Gasteiger partial charge < -0.3 is 15.1 Å². The molecule has 2 aromatic rings. The van der Waals surface area contributed by atoms with E-state index in [0.717, 1.165) is 18.6 Å². The topological polar surface area (TPSA) is 71.3 Å². The van der Waals surface area contributed by atoms with Gasteiger partial charge in [0.25, 0.3) is 5.91 Å². The minimum absolute atomic E-state index is 0.158. The predicted molar refractivity (Wildman–Crippen MR) is 88.0 cm³/mol. The third kappa shape index (κ3) is 4.10. The zero-order chi connectivity index (χ0) is 16.2. The Morgan fingerprint density at radius 1 is 1.17 bits per heavy atom. The van der Waals surface area contributed by atoms with Crippen LogP contribution in [0, 0.1) is 6.92 Å². The monoisotopic (exact) mass is 310 g/mol.